The van der Waals surface area contributed by atoms with E-state index >= 15 is 0 Å². The van der Waals surface area contributed by atoms with E-state index in [1.54, 1.807) is 12.1 Å². The van der Waals surface area contributed by atoms with Gasteiger partial charge in [0.2, 0.25) is 0 Å². The van der Waals surface area contributed by atoms with Crippen LogP contribution in [0.3, 0.4) is 0 Å². The highest BCUT2D eigenvalue weighted by molar-refractivity contribution is 6.37. The summed E-state index contributed by atoms with van der Waals surface area (Å²) in [5.74, 6) is 1.20. The molecule has 1 rings (SSSR count). The van der Waals surface area contributed by atoms with Gasteiger partial charge in [0.05, 0.1) is 23.3 Å². The molecule has 0 aliphatic heterocycles. The summed E-state index contributed by atoms with van der Waals surface area (Å²) >= 11 is 17.7. The number of aliphatic hydroxyl groups is 1. The molecule has 0 bridgehead atoms. The summed E-state index contributed by atoms with van der Waals surface area (Å²) in [5, 5.41) is 9.88. The van der Waals surface area contributed by atoms with Crippen LogP contribution in [0, 0.1) is 0 Å². The molecule has 18 heavy (non-hydrogen) atoms. The molecule has 0 fully saturated rings. The highest BCUT2D eigenvalue weighted by atomic mass is 35.5. The Kier molecular flexibility index (Phi) is 7.84. The van der Waals surface area contributed by atoms with Crippen molar-refractivity contribution in [1.29, 1.82) is 0 Å². The summed E-state index contributed by atoms with van der Waals surface area (Å²) in [5.41, 5.74) is 0.680. The summed E-state index contributed by atoms with van der Waals surface area (Å²) in [6, 6.07) is 3.33. The lowest BCUT2D eigenvalue weighted by atomic mass is 10.2. The first-order valence-corrected chi connectivity index (χ1v) is 7.25. The van der Waals surface area contributed by atoms with Gasteiger partial charge in [-0.05, 0) is 30.5 Å². The van der Waals surface area contributed by atoms with E-state index in [9.17, 15) is 0 Å². The van der Waals surface area contributed by atoms with Gasteiger partial charge in [-0.2, -0.15) is 0 Å². The van der Waals surface area contributed by atoms with Crippen LogP contribution in [0.1, 0.15) is 31.2 Å². The zero-order valence-electron chi connectivity index (χ0n) is 10.1. The van der Waals surface area contributed by atoms with Crippen molar-refractivity contribution in [2.24, 2.45) is 0 Å². The molecule has 0 spiro atoms. The van der Waals surface area contributed by atoms with Crippen molar-refractivity contribution in [1.82, 2.24) is 0 Å². The van der Waals surface area contributed by atoms with E-state index < -0.39 is 0 Å². The smallest absolute Gasteiger partial charge is 0.156 e. The third-order valence-corrected chi connectivity index (χ3v) is 3.34. The van der Waals surface area contributed by atoms with E-state index in [4.69, 9.17) is 44.6 Å². The summed E-state index contributed by atoms with van der Waals surface area (Å²) in [7, 11) is 0. The Bertz CT molecular complexity index is 346. The van der Waals surface area contributed by atoms with E-state index in [1.807, 2.05) is 0 Å². The lowest BCUT2D eigenvalue weighted by molar-refractivity contribution is 0.281. The second-order valence-electron chi connectivity index (χ2n) is 4.00. The van der Waals surface area contributed by atoms with Crippen molar-refractivity contribution in [3.05, 3.63) is 27.7 Å². The van der Waals surface area contributed by atoms with Crippen LogP contribution in [0.25, 0.3) is 0 Å². The number of hydrogen-bond donors (Lipinski definition) is 1. The van der Waals surface area contributed by atoms with Crippen LogP contribution < -0.4 is 4.74 Å². The summed E-state index contributed by atoms with van der Waals surface area (Å²) in [4.78, 5) is 0. The number of aliphatic hydroxyl groups excluding tert-OH is 1. The number of halogens is 3. The van der Waals surface area contributed by atoms with Crippen molar-refractivity contribution in [3.63, 3.8) is 0 Å². The Morgan fingerprint density at radius 3 is 2.17 bits per heavy atom. The van der Waals surface area contributed by atoms with Gasteiger partial charge in [0, 0.05) is 5.88 Å². The van der Waals surface area contributed by atoms with Gasteiger partial charge >= 0.3 is 0 Å². The maximum atomic E-state index is 9.01. The van der Waals surface area contributed by atoms with E-state index in [0.29, 0.717) is 33.8 Å². The summed E-state index contributed by atoms with van der Waals surface area (Å²) in [6.45, 7) is 0.498. The molecule has 2 nitrogen and oxygen atoms in total. The van der Waals surface area contributed by atoms with Crippen molar-refractivity contribution in [2.45, 2.75) is 32.3 Å². The third kappa shape index (κ3) is 5.23. The van der Waals surface area contributed by atoms with Crippen LogP contribution in [0.5, 0.6) is 5.75 Å². The number of benzene rings is 1. The largest absolute Gasteiger partial charge is 0.490 e. The fourth-order valence-electron chi connectivity index (χ4n) is 1.57. The number of rotatable bonds is 8. The van der Waals surface area contributed by atoms with Crippen LogP contribution in [-0.4, -0.2) is 17.6 Å². The number of alkyl halides is 1. The van der Waals surface area contributed by atoms with Gasteiger partial charge in [0.25, 0.3) is 0 Å². The average Bonchev–Trinajstić information content (AvgIpc) is 2.35. The fraction of sp³-hybridized carbons (Fsp3) is 0.538. The molecule has 0 aliphatic carbocycles. The molecule has 0 atom stereocenters. The van der Waals surface area contributed by atoms with Gasteiger partial charge in [0.15, 0.2) is 5.75 Å². The molecule has 0 saturated heterocycles. The van der Waals surface area contributed by atoms with Gasteiger partial charge in [-0.3, -0.25) is 0 Å². The van der Waals surface area contributed by atoms with Crippen LogP contribution in [0.15, 0.2) is 12.1 Å². The van der Waals surface area contributed by atoms with Gasteiger partial charge in [-0.15, -0.1) is 11.6 Å². The maximum Gasteiger partial charge on any atom is 0.156 e. The molecule has 5 heteroatoms. The molecule has 0 heterocycles. The highest BCUT2D eigenvalue weighted by Gasteiger charge is 2.09. The normalized spacial score (nSPS) is 10.7. The SMILES string of the molecule is OCc1cc(Cl)c(OCCCCCCCl)c(Cl)c1. The molecule has 1 aromatic carbocycles. The van der Waals surface area contributed by atoms with Crippen LogP contribution in [0.2, 0.25) is 10.0 Å². The molecule has 0 aromatic heterocycles. The quantitative estimate of drug-likeness (QED) is 0.559. The number of unbranched alkanes of at least 4 members (excludes halogenated alkanes) is 3. The van der Waals surface area contributed by atoms with Crippen molar-refractivity contribution in [3.8, 4) is 5.75 Å². The third-order valence-electron chi connectivity index (χ3n) is 2.52. The minimum Gasteiger partial charge on any atom is -0.490 e. The topological polar surface area (TPSA) is 29.5 Å². The molecule has 1 aromatic rings. The van der Waals surface area contributed by atoms with Crippen LogP contribution in [0.4, 0.5) is 0 Å². The van der Waals surface area contributed by atoms with E-state index in [-0.39, 0.29) is 6.61 Å². The second kappa shape index (κ2) is 8.87. The fourth-order valence-corrected chi connectivity index (χ4v) is 2.40. The van der Waals surface area contributed by atoms with Gasteiger partial charge in [0.1, 0.15) is 0 Å². The van der Waals surface area contributed by atoms with Crippen molar-refractivity contribution in [2.75, 3.05) is 12.5 Å². The highest BCUT2D eigenvalue weighted by Crippen LogP contribution is 2.34. The summed E-state index contributed by atoms with van der Waals surface area (Å²) < 4.78 is 5.57. The number of ether oxygens (including phenoxy) is 1. The molecule has 0 amide bonds. The standard InChI is InChI=1S/C13H17Cl3O2/c14-5-3-1-2-4-6-18-13-11(15)7-10(9-17)8-12(13)16/h7-8,17H,1-6,9H2. The van der Waals surface area contributed by atoms with E-state index in [0.717, 1.165) is 25.7 Å². The van der Waals surface area contributed by atoms with Gasteiger partial charge in [-0.25, -0.2) is 0 Å². The lowest BCUT2D eigenvalue weighted by Gasteiger charge is -2.11. The Balaban J connectivity index is 2.42. The zero-order valence-corrected chi connectivity index (χ0v) is 12.4. The van der Waals surface area contributed by atoms with Gasteiger partial charge < -0.3 is 9.84 Å². The monoisotopic (exact) mass is 310 g/mol. The second-order valence-corrected chi connectivity index (χ2v) is 5.19. The average molecular weight is 312 g/mol. The van der Waals surface area contributed by atoms with Crippen molar-refractivity contribution < 1.29 is 9.84 Å². The first-order valence-electron chi connectivity index (χ1n) is 5.96. The molecule has 0 unspecified atom stereocenters. The molecule has 1 N–H and O–H groups in total. The zero-order chi connectivity index (χ0) is 13.4. The Labute approximate surface area is 123 Å². The van der Waals surface area contributed by atoms with E-state index in [2.05, 4.69) is 0 Å². The molecule has 102 valence electrons. The molecule has 0 aliphatic rings. The maximum absolute atomic E-state index is 9.01. The number of hydrogen-bond acceptors (Lipinski definition) is 2. The predicted octanol–water partition coefficient (Wildman–Crippen LogP) is 4.66. The Morgan fingerprint density at radius 1 is 1.00 bits per heavy atom. The molecular weight excluding hydrogens is 294 g/mol. The minimum atomic E-state index is -0.0852. The lowest BCUT2D eigenvalue weighted by Crippen LogP contribution is -1.99. The molecule has 0 saturated carbocycles. The minimum absolute atomic E-state index is 0.0852. The van der Waals surface area contributed by atoms with Crippen LogP contribution >= 0.6 is 34.8 Å². The first-order chi connectivity index (χ1) is 8.69. The molecular formula is C13H17Cl3O2. The van der Waals surface area contributed by atoms with Crippen LogP contribution in [-0.2, 0) is 6.61 Å². The Morgan fingerprint density at radius 2 is 1.61 bits per heavy atom. The summed E-state index contributed by atoms with van der Waals surface area (Å²) in [6.07, 6.45) is 4.17. The van der Waals surface area contributed by atoms with Gasteiger partial charge in [-0.1, -0.05) is 36.0 Å². The first kappa shape index (κ1) is 15.9. The molecule has 0 radical (unpaired) electrons. The predicted molar refractivity (Wildman–Crippen MR) is 77.1 cm³/mol. The Hall–Kier alpha value is -0.150. The van der Waals surface area contributed by atoms with E-state index in [1.165, 1.54) is 0 Å². The van der Waals surface area contributed by atoms with Crippen molar-refractivity contribution >= 4 is 34.8 Å².